The number of aromatic nitrogens is 2. The predicted octanol–water partition coefficient (Wildman–Crippen LogP) is 4.03. The van der Waals surface area contributed by atoms with Gasteiger partial charge in [0.1, 0.15) is 5.82 Å². The van der Waals surface area contributed by atoms with Crippen molar-refractivity contribution in [3.63, 3.8) is 0 Å². The Balaban J connectivity index is 0.00000289. The van der Waals surface area contributed by atoms with Gasteiger partial charge < -0.3 is 5.11 Å². The van der Waals surface area contributed by atoms with Crippen molar-refractivity contribution in [2.45, 2.75) is 43.5 Å². The van der Waals surface area contributed by atoms with Crippen molar-refractivity contribution < 1.29 is 19.1 Å². The first kappa shape index (κ1) is 24.5. The van der Waals surface area contributed by atoms with Crippen LogP contribution in [0.5, 0.6) is 0 Å². The zero-order chi connectivity index (χ0) is 22.0. The van der Waals surface area contributed by atoms with Crippen LogP contribution in [0.3, 0.4) is 0 Å². The number of rotatable bonds is 8. The van der Waals surface area contributed by atoms with Crippen LogP contribution in [0.15, 0.2) is 42.1 Å². The van der Waals surface area contributed by atoms with Crippen LogP contribution >= 0.6 is 25.0 Å². The number of halogens is 2. The zero-order valence-corrected chi connectivity index (χ0v) is 19.3. The maximum atomic E-state index is 14.6. The highest BCUT2D eigenvalue weighted by Gasteiger charge is 2.40. The molecule has 0 unspecified atom stereocenters. The molecule has 2 fully saturated rings. The third kappa shape index (κ3) is 5.79. The van der Waals surface area contributed by atoms with E-state index in [9.17, 15) is 14.0 Å². The number of carbonyl (C=O) groups is 2. The zero-order valence-electron chi connectivity index (χ0n) is 17.6. The lowest BCUT2D eigenvalue weighted by Gasteiger charge is -2.37. The number of Topliss-reactive ketones (excluding diaryl/α,β-unsaturated/α-hetero) is 1. The molecule has 1 aliphatic carbocycles. The average molecular weight is 480 g/mol. The Bertz CT molecular complexity index is 1010. The van der Waals surface area contributed by atoms with Crippen LogP contribution in [0, 0.1) is 11.7 Å². The number of ketones is 1. The molecule has 9 heteroatoms. The fraction of sp³-hybridized carbons (Fsp3) is 0.435. The van der Waals surface area contributed by atoms with Crippen LogP contribution in [0.4, 0.5) is 4.39 Å². The summed E-state index contributed by atoms with van der Waals surface area (Å²) in [6.07, 6.45) is 6.21. The second kappa shape index (κ2) is 10.6. The lowest BCUT2D eigenvalue weighted by molar-refractivity contribution is -0.137. The molecule has 4 rings (SSSR count). The molecule has 0 bridgehead atoms. The Labute approximate surface area is 198 Å². The standard InChI is InChI=1S/C23H26FN3O3S.ClH/c24-19-4-2-1-3-18(19)22(23(30)15-5-6-15)26-10-8-20(31)16(14-26)13-17-7-11-27(25-17)12-9-21(28)29;/h1-4,7,11,13,15,20,22,31H,5-6,8-10,12,14H2,(H,28,29);1H/b16-13-;/t20-,22+;/m0./s1. The molecule has 1 saturated heterocycles. The number of carboxylic acid groups (broad SMARTS) is 1. The molecule has 6 nitrogen and oxygen atoms in total. The summed E-state index contributed by atoms with van der Waals surface area (Å²) in [7, 11) is 0. The largest absolute Gasteiger partial charge is 0.481 e. The van der Waals surface area contributed by atoms with E-state index in [1.54, 1.807) is 29.1 Å². The van der Waals surface area contributed by atoms with Crippen molar-refractivity contribution in [2.24, 2.45) is 5.92 Å². The molecule has 32 heavy (non-hydrogen) atoms. The van der Waals surface area contributed by atoms with Crippen molar-refractivity contribution in [3.8, 4) is 0 Å². The summed E-state index contributed by atoms with van der Waals surface area (Å²) in [5.74, 6) is -1.10. The van der Waals surface area contributed by atoms with Crippen molar-refractivity contribution in [3.05, 3.63) is 59.2 Å². The Morgan fingerprint density at radius 2 is 2.00 bits per heavy atom. The molecule has 2 atom stereocenters. The quantitative estimate of drug-likeness (QED) is 0.559. The third-order valence-electron chi connectivity index (χ3n) is 5.87. The Kier molecular flexibility index (Phi) is 8.14. The molecule has 1 aromatic heterocycles. The highest BCUT2D eigenvalue weighted by atomic mass is 35.5. The maximum absolute atomic E-state index is 14.6. The normalized spacial score (nSPS) is 21.2. The van der Waals surface area contributed by atoms with E-state index in [1.807, 2.05) is 12.1 Å². The minimum Gasteiger partial charge on any atom is -0.481 e. The second-order valence-electron chi connectivity index (χ2n) is 8.24. The molecular weight excluding hydrogens is 453 g/mol. The van der Waals surface area contributed by atoms with E-state index in [0.29, 0.717) is 25.2 Å². The van der Waals surface area contributed by atoms with Gasteiger partial charge in [0.25, 0.3) is 0 Å². The highest BCUT2D eigenvalue weighted by molar-refractivity contribution is 7.81. The van der Waals surface area contributed by atoms with Crippen LogP contribution in [0.2, 0.25) is 0 Å². The first-order chi connectivity index (χ1) is 14.9. The topological polar surface area (TPSA) is 75.4 Å². The summed E-state index contributed by atoms with van der Waals surface area (Å²) in [4.78, 5) is 25.9. The van der Waals surface area contributed by atoms with Gasteiger partial charge in [0.2, 0.25) is 0 Å². The summed E-state index contributed by atoms with van der Waals surface area (Å²) in [5.41, 5.74) is 2.18. The summed E-state index contributed by atoms with van der Waals surface area (Å²) >= 11 is 4.72. The van der Waals surface area contributed by atoms with Gasteiger partial charge >= 0.3 is 5.97 Å². The van der Waals surface area contributed by atoms with Crippen molar-refractivity contribution in [1.82, 2.24) is 14.7 Å². The van der Waals surface area contributed by atoms with Gasteiger partial charge in [0.15, 0.2) is 5.78 Å². The molecule has 0 radical (unpaired) electrons. The number of aliphatic carboxylic acids is 1. The molecule has 172 valence electrons. The van der Waals surface area contributed by atoms with Crippen LogP contribution in [0.1, 0.15) is 43.0 Å². The summed E-state index contributed by atoms with van der Waals surface area (Å²) in [6, 6.07) is 7.78. The van der Waals surface area contributed by atoms with E-state index in [4.69, 9.17) is 17.7 Å². The van der Waals surface area contributed by atoms with Crippen LogP contribution in [-0.4, -0.2) is 49.9 Å². The number of hydrogen-bond acceptors (Lipinski definition) is 5. The van der Waals surface area contributed by atoms with Gasteiger partial charge in [0.05, 0.1) is 24.7 Å². The van der Waals surface area contributed by atoms with Gasteiger partial charge in [-0.25, -0.2) is 4.39 Å². The van der Waals surface area contributed by atoms with Gasteiger partial charge in [0, 0.05) is 36.0 Å². The molecule has 2 aliphatic rings. The third-order valence-corrected chi connectivity index (χ3v) is 6.46. The molecule has 1 N–H and O–H groups in total. The fourth-order valence-corrected chi connectivity index (χ4v) is 4.32. The second-order valence-corrected chi connectivity index (χ2v) is 8.87. The number of hydrogen-bond donors (Lipinski definition) is 2. The van der Waals surface area contributed by atoms with Crippen LogP contribution in [-0.2, 0) is 16.1 Å². The number of carbonyl (C=O) groups excluding carboxylic acids is 1. The predicted molar refractivity (Wildman–Crippen MR) is 126 cm³/mol. The van der Waals surface area contributed by atoms with Gasteiger partial charge in [-0.1, -0.05) is 18.2 Å². The van der Waals surface area contributed by atoms with Crippen molar-refractivity contribution in [1.29, 1.82) is 0 Å². The molecule has 2 heterocycles. The molecule has 2 aromatic rings. The summed E-state index contributed by atoms with van der Waals surface area (Å²) in [5, 5.41) is 13.3. The molecule has 0 amide bonds. The number of benzene rings is 1. The molecule has 1 saturated carbocycles. The number of nitrogens with zero attached hydrogens (tertiary/aromatic N) is 3. The number of piperidine rings is 1. The molecule has 0 spiro atoms. The SMILES string of the molecule is Cl.O=C(O)CCn1ccc(/C=C2/CN([C@@H](C(=O)C3CC3)c3ccccc3F)CC[C@@H]2S)n1. The van der Waals surface area contributed by atoms with E-state index in [1.165, 1.54) is 6.07 Å². The maximum Gasteiger partial charge on any atom is 0.305 e. The molecule has 1 aromatic carbocycles. The van der Waals surface area contributed by atoms with Crippen molar-refractivity contribution in [2.75, 3.05) is 13.1 Å². The van der Waals surface area contributed by atoms with E-state index < -0.39 is 12.0 Å². The number of thiol groups is 1. The van der Waals surface area contributed by atoms with Gasteiger partial charge in [-0.3, -0.25) is 19.2 Å². The average Bonchev–Trinajstić information content (AvgIpc) is 3.50. The lowest BCUT2D eigenvalue weighted by atomic mass is 9.93. The summed E-state index contributed by atoms with van der Waals surface area (Å²) in [6.45, 7) is 1.48. The molecule has 1 aliphatic heterocycles. The minimum atomic E-state index is -0.867. The number of likely N-dealkylation sites (tertiary alicyclic amines) is 1. The van der Waals surface area contributed by atoms with Gasteiger partial charge in [-0.05, 0) is 43.0 Å². The monoisotopic (exact) mass is 479 g/mol. The Morgan fingerprint density at radius 1 is 1.25 bits per heavy atom. The van der Waals surface area contributed by atoms with Crippen LogP contribution < -0.4 is 0 Å². The smallest absolute Gasteiger partial charge is 0.305 e. The van der Waals surface area contributed by atoms with Gasteiger partial charge in [-0.2, -0.15) is 17.7 Å². The molecular formula is C23H27ClFN3O3S. The van der Waals surface area contributed by atoms with Crippen LogP contribution in [0.25, 0.3) is 6.08 Å². The van der Waals surface area contributed by atoms with E-state index >= 15 is 0 Å². The van der Waals surface area contributed by atoms with Crippen molar-refractivity contribution >= 4 is 42.9 Å². The fourth-order valence-electron chi connectivity index (χ4n) is 4.05. The van der Waals surface area contributed by atoms with E-state index in [0.717, 1.165) is 30.5 Å². The Morgan fingerprint density at radius 3 is 2.69 bits per heavy atom. The highest BCUT2D eigenvalue weighted by Crippen LogP contribution is 2.39. The first-order valence-corrected chi connectivity index (χ1v) is 11.1. The first-order valence-electron chi connectivity index (χ1n) is 10.6. The number of carboxylic acids is 1. The Hall–Kier alpha value is -2.16. The van der Waals surface area contributed by atoms with E-state index in [-0.39, 0.29) is 41.6 Å². The minimum absolute atomic E-state index is 0. The van der Waals surface area contributed by atoms with E-state index in [2.05, 4.69) is 10.00 Å². The lowest BCUT2D eigenvalue weighted by Crippen LogP contribution is -2.42. The summed E-state index contributed by atoms with van der Waals surface area (Å²) < 4.78 is 16.2. The van der Waals surface area contributed by atoms with Gasteiger partial charge in [-0.15, -0.1) is 12.4 Å². The number of aryl methyl sites for hydroxylation is 1.